The Morgan fingerprint density at radius 3 is 2.07 bits per heavy atom. The molecule has 0 aliphatic rings. The van der Waals surface area contributed by atoms with Crippen LogP contribution < -0.4 is 9.62 Å². The van der Waals surface area contributed by atoms with Gasteiger partial charge in [-0.3, -0.25) is 13.9 Å². The molecule has 1 atom stereocenters. The molecule has 1 N–H and O–H groups in total. The molecule has 44 heavy (non-hydrogen) atoms. The number of nitrogens with zero attached hydrogens (tertiary/aromatic N) is 2. The predicted molar refractivity (Wildman–Crippen MR) is 171 cm³/mol. The van der Waals surface area contributed by atoms with E-state index in [9.17, 15) is 22.4 Å². The molecule has 0 aliphatic carbocycles. The number of nitrogens with one attached hydrogen (secondary N) is 1. The van der Waals surface area contributed by atoms with Crippen LogP contribution in [-0.4, -0.2) is 43.8 Å². The van der Waals surface area contributed by atoms with E-state index in [1.807, 2.05) is 57.2 Å². The number of benzene rings is 4. The summed E-state index contributed by atoms with van der Waals surface area (Å²) in [7, 11) is -4.21. The second-order valence-corrected chi connectivity index (χ2v) is 13.0. The maximum atomic E-state index is 15.0. The molecule has 0 saturated carbocycles. The van der Waals surface area contributed by atoms with Crippen molar-refractivity contribution in [2.24, 2.45) is 0 Å². The molecule has 4 rings (SSSR count). The van der Waals surface area contributed by atoms with Gasteiger partial charge in [-0.25, -0.2) is 12.8 Å². The first kappa shape index (κ1) is 32.4. The van der Waals surface area contributed by atoms with Gasteiger partial charge in [0.1, 0.15) is 18.4 Å². The van der Waals surface area contributed by atoms with Crippen molar-refractivity contribution in [3.8, 4) is 0 Å². The smallest absolute Gasteiger partial charge is 0.264 e. The molecular formula is C35H38FN3O4S. The number of rotatable bonds is 12. The Labute approximate surface area is 259 Å². The highest BCUT2D eigenvalue weighted by Crippen LogP contribution is 2.28. The van der Waals surface area contributed by atoms with E-state index < -0.39 is 40.2 Å². The zero-order valence-electron chi connectivity index (χ0n) is 25.4. The molecule has 2 amide bonds. The molecule has 4 aromatic carbocycles. The Morgan fingerprint density at radius 2 is 1.45 bits per heavy atom. The topological polar surface area (TPSA) is 86.8 Å². The van der Waals surface area contributed by atoms with Gasteiger partial charge < -0.3 is 10.2 Å². The largest absolute Gasteiger partial charge is 0.352 e. The van der Waals surface area contributed by atoms with Gasteiger partial charge in [0, 0.05) is 24.6 Å². The van der Waals surface area contributed by atoms with Crippen LogP contribution >= 0.6 is 0 Å². The third kappa shape index (κ3) is 7.90. The van der Waals surface area contributed by atoms with Gasteiger partial charge in [0.2, 0.25) is 11.8 Å². The van der Waals surface area contributed by atoms with Crippen LogP contribution in [-0.2, 0) is 32.6 Å². The van der Waals surface area contributed by atoms with Gasteiger partial charge in [-0.2, -0.15) is 0 Å². The fourth-order valence-corrected chi connectivity index (χ4v) is 6.56. The van der Waals surface area contributed by atoms with Crippen molar-refractivity contribution in [2.45, 2.75) is 57.6 Å². The van der Waals surface area contributed by atoms with E-state index >= 15 is 0 Å². The Bertz CT molecular complexity index is 1700. The van der Waals surface area contributed by atoms with E-state index in [2.05, 4.69) is 5.32 Å². The van der Waals surface area contributed by atoms with E-state index in [-0.39, 0.29) is 29.5 Å². The van der Waals surface area contributed by atoms with Gasteiger partial charge in [0.25, 0.3) is 10.0 Å². The summed E-state index contributed by atoms with van der Waals surface area (Å²) in [4.78, 5) is 29.5. The number of amides is 2. The summed E-state index contributed by atoms with van der Waals surface area (Å²) in [6, 6.07) is 27.2. The van der Waals surface area contributed by atoms with Crippen molar-refractivity contribution >= 4 is 27.5 Å². The molecule has 0 fully saturated rings. The standard InChI is InChI=1S/C35H38FN3O4S/c1-25(2)37-35(41)33(22-28-13-7-5-8-14-28)38(23-29-15-11-12-18-31(29)36)34(40)24-39(32-20-19-26(3)21-27(32)4)44(42,43)30-16-9-6-10-17-30/h5-21,25,33H,22-24H2,1-4H3,(H,37,41). The van der Waals surface area contributed by atoms with Gasteiger partial charge in [-0.05, 0) is 63.1 Å². The van der Waals surface area contributed by atoms with E-state index in [0.29, 0.717) is 11.3 Å². The third-order valence-corrected chi connectivity index (χ3v) is 9.01. The van der Waals surface area contributed by atoms with Crippen LogP contribution in [0, 0.1) is 19.7 Å². The highest BCUT2D eigenvalue weighted by Gasteiger charge is 2.35. The second-order valence-electron chi connectivity index (χ2n) is 11.1. The zero-order chi connectivity index (χ0) is 31.9. The molecule has 0 heterocycles. The summed E-state index contributed by atoms with van der Waals surface area (Å²) in [5.74, 6) is -1.60. The minimum absolute atomic E-state index is 0.0202. The molecule has 0 saturated heterocycles. The minimum atomic E-state index is -4.21. The number of sulfonamides is 1. The lowest BCUT2D eigenvalue weighted by atomic mass is 10.0. The number of carbonyl (C=O) groups is 2. The van der Waals surface area contributed by atoms with Crippen molar-refractivity contribution in [1.82, 2.24) is 10.2 Å². The van der Waals surface area contributed by atoms with Crippen molar-refractivity contribution in [1.29, 1.82) is 0 Å². The van der Waals surface area contributed by atoms with E-state index in [1.54, 1.807) is 55.5 Å². The monoisotopic (exact) mass is 615 g/mol. The lowest BCUT2D eigenvalue weighted by molar-refractivity contribution is -0.140. The van der Waals surface area contributed by atoms with Crippen LogP contribution in [0.2, 0.25) is 0 Å². The maximum Gasteiger partial charge on any atom is 0.264 e. The molecule has 230 valence electrons. The number of aryl methyl sites for hydroxylation is 2. The molecule has 0 spiro atoms. The third-order valence-electron chi connectivity index (χ3n) is 7.23. The van der Waals surface area contributed by atoms with Crippen LogP contribution in [0.5, 0.6) is 0 Å². The first-order valence-electron chi connectivity index (χ1n) is 14.5. The Morgan fingerprint density at radius 1 is 0.841 bits per heavy atom. The van der Waals surface area contributed by atoms with Gasteiger partial charge >= 0.3 is 0 Å². The number of hydrogen-bond donors (Lipinski definition) is 1. The summed E-state index contributed by atoms with van der Waals surface area (Å²) in [5, 5.41) is 2.90. The molecule has 0 aromatic heterocycles. The molecule has 1 unspecified atom stereocenters. The average Bonchev–Trinajstić information content (AvgIpc) is 2.99. The summed E-state index contributed by atoms with van der Waals surface area (Å²) in [6.07, 6.45) is 0.147. The van der Waals surface area contributed by atoms with E-state index in [0.717, 1.165) is 15.4 Å². The normalized spacial score (nSPS) is 12.0. The van der Waals surface area contributed by atoms with Gasteiger partial charge in [-0.15, -0.1) is 0 Å². The molecule has 9 heteroatoms. The van der Waals surface area contributed by atoms with E-state index in [4.69, 9.17) is 0 Å². The van der Waals surface area contributed by atoms with Crippen LogP contribution in [0.3, 0.4) is 0 Å². The van der Waals surface area contributed by atoms with Crippen molar-refractivity contribution in [2.75, 3.05) is 10.8 Å². The van der Waals surface area contributed by atoms with Crippen molar-refractivity contribution in [3.63, 3.8) is 0 Å². The molecule has 0 aliphatic heterocycles. The van der Waals surface area contributed by atoms with Crippen LogP contribution in [0.25, 0.3) is 0 Å². The lowest BCUT2D eigenvalue weighted by Crippen LogP contribution is -2.54. The second kappa shape index (κ2) is 14.3. The lowest BCUT2D eigenvalue weighted by Gasteiger charge is -2.34. The van der Waals surface area contributed by atoms with Crippen LogP contribution in [0.1, 0.15) is 36.1 Å². The first-order valence-corrected chi connectivity index (χ1v) is 15.9. The molecule has 4 aromatic rings. The average molecular weight is 616 g/mol. The van der Waals surface area contributed by atoms with Crippen molar-refractivity contribution < 1.29 is 22.4 Å². The summed E-state index contributed by atoms with van der Waals surface area (Å²) in [5.41, 5.74) is 2.94. The summed E-state index contributed by atoms with van der Waals surface area (Å²) >= 11 is 0. The number of carbonyl (C=O) groups excluding carboxylic acids is 2. The Balaban J connectivity index is 1.83. The summed E-state index contributed by atoms with van der Waals surface area (Å²) < 4.78 is 44.3. The highest BCUT2D eigenvalue weighted by atomic mass is 32.2. The number of hydrogen-bond acceptors (Lipinski definition) is 4. The Hall–Kier alpha value is -4.50. The maximum absolute atomic E-state index is 15.0. The van der Waals surface area contributed by atoms with Gasteiger partial charge in [-0.1, -0.05) is 84.4 Å². The summed E-state index contributed by atoms with van der Waals surface area (Å²) in [6.45, 7) is 6.47. The first-order chi connectivity index (χ1) is 21.0. The van der Waals surface area contributed by atoms with Crippen LogP contribution in [0.15, 0.2) is 108 Å². The molecular weight excluding hydrogens is 577 g/mol. The van der Waals surface area contributed by atoms with E-state index in [1.165, 1.54) is 23.1 Å². The predicted octanol–water partition coefficient (Wildman–Crippen LogP) is 5.80. The quantitative estimate of drug-likeness (QED) is 0.218. The number of halogens is 1. The minimum Gasteiger partial charge on any atom is -0.352 e. The van der Waals surface area contributed by atoms with Gasteiger partial charge in [0.05, 0.1) is 10.6 Å². The van der Waals surface area contributed by atoms with Gasteiger partial charge in [0.15, 0.2) is 0 Å². The van der Waals surface area contributed by atoms with Crippen LogP contribution in [0.4, 0.5) is 10.1 Å². The molecule has 7 nitrogen and oxygen atoms in total. The fourth-order valence-electron chi connectivity index (χ4n) is 5.06. The SMILES string of the molecule is Cc1ccc(N(CC(=O)N(Cc2ccccc2F)C(Cc2ccccc2)C(=O)NC(C)C)S(=O)(=O)c2ccccc2)c(C)c1. The molecule has 0 radical (unpaired) electrons. The zero-order valence-corrected chi connectivity index (χ0v) is 26.2. The Kier molecular flexibility index (Phi) is 10.5. The fraction of sp³-hybridized carbons (Fsp3) is 0.257. The molecule has 0 bridgehead atoms. The van der Waals surface area contributed by atoms with Crippen molar-refractivity contribution in [3.05, 3.63) is 131 Å². The highest BCUT2D eigenvalue weighted by molar-refractivity contribution is 7.92. The number of anilines is 1.